The average Bonchev–Trinajstić information content (AvgIpc) is 2.16. The first-order valence-corrected chi connectivity index (χ1v) is 4.40. The van der Waals surface area contributed by atoms with E-state index in [2.05, 4.69) is 4.98 Å². The predicted octanol–water partition coefficient (Wildman–Crippen LogP) is 0.584. The smallest absolute Gasteiger partial charge is 0.137 e. The number of Topliss-reactive ketones (excluding diaryl/α,β-unsaturated/α-hetero) is 1. The molecule has 0 atom stereocenters. The SMILES string of the molecule is CC(=O)Cc1ccc(OCCO)cn1. The third kappa shape index (κ3) is 3.53. The van der Waals surface area contributed by atoms with Crippen LogP contribution in [0.15, 0.2) is 18.3 Å². The average molecular weight is 195 g/mol. The van der Waals surface area contributed by atoms with E-state index in [1.165, 1.54) is 6.92 Å². The van der Waals surface area contributed by atoms with Crippen molar-refractivity contribution in [1.29, 1.82) is 0 Å². The number of rotatable bonds is 5. The molecule has 14 heavy (non-hydrogen) atoms. The fourth-order valence-electron chi connectivity index (χ4n) is 1.02. The van der Waals surface area contributed by atoms with Crippen molar-refractivity contribution in [2.75, 3.05) is 13.2 Å². The molecule has 1 heterocycles. The fourth-order valence-corrected chi connectivity index (χ4v) is 1.02. The molecule has 0 spiro atoms. The van der Waals surface area contributed by atoms with E-state index in [4.69, 9.17) is 9.84 Å². The topological polar surface area (TPSA) is 59.4 Å². The number of hydrogen-bond donors (Lipinski definition) is 1. The van der Waals surface area contributed by atoms with Gasteiger partial charge in [-0.3, -0.25) is 9.78 Å². The number of carbonyl (C=O) groups excluding carboxylic acids is 1. The van der Waals surface area contributed by atoms with Crippen LogP contribution >= 0.6 is 0 Å². The van der Waals surface area contributed by atoms with Crippen molar-refractivity contribution >= 4 is 5.78 Å². The van der Waals surface area contributed by atoms with Crippen molar-refractivity contribution < 1.29 is 14.6 Å². The summed E-state index contributed by atoms with van der Waals surface area (Å²) in [6.07, 6.45) is 1.90. The first-order chi connectivity index (χ1) is 6.72. The standard InChI is InChI=1S/C10H13NO3/c1-8(13)6-9-2-3-10(7-11-9)14-5-4-12/h2-3,7,12H,4-6H2,1H3. The summed E-state index contributed by atoms with van der Waals surface area (Å²) in [5.74, 6) is 0.688. The van der Waals surface area contributed by atoms with Gasteiger partial charge in [-0.25, -0.2) is 0 Å². The molecule has 0 aromatic carbocycles. The largest absolute Gasteiger partial charge is 0.490 e. The zero-order chi connectivity index (χ0) is 10.4. The number of carbonyl (C=O) groups is 1. The molecule has 1 rings (SSSR count). The number of nitrogens with zero attached hydrogens (tertiary/aromatic N) is 1. The number of ether oxygens (including phenoxy) is 1. The van der Waals surface area contributed by atoms with Crippen LogP contribution in [0.2, 0.25) is 0 Å². The van der Waals surface area contributed by atoms with Gasteiger partial charge in [0.2, 0.25) is 0 Å². The molecule has 0 unspecified atom stereocenters. The minimum absolute atomic E-state index is 0.0187. The highest BCUT2D eigenvalue weighted by Crippen LogP contribution is 2.09. The van der Waals surface area contributed by atoms with Gasteiger partial charge >= 0.3 is 0 Å². The summed E-state index contributed by atoms with van der Waals surface area (Å²) in [4.78, 5) is 14.8. The van der Waals surface area contributed by atoms with Crippen molar-refractivity contribution in [1.82, 2.24) is 4.98 Å². The van der Waals surface area contributed by atoms with Crippen LogP contribution in [0.1, 0.15) is 12.6 Å². The lowest BCUT2D eigenvalue weighted by Crippen LogP contribution is -2.03. The molecule has 1 aromatic heterocycles. The second-order valence-electron chi connectivity index (χ2n) is 2.94. The summed E-state index contributed by atoms with van der Waals surface area (Å²) in [5.41, 5.74) is 0.730. The molecule has 0 aliphatic carbocycles. The molecule has 0 aliphatic heterocycles. The summed E-state index contributed by atoms with van der Waals surface area (Å²) < 4.78 is 5.12. The number of hydrogen-bond acceptors (Lipinski definition) is 4. The summed E-state index contributed by atoms with van der Waals surface area (Å²) >= 11 is 0. The van der Waals surface area contributed by atoms with Crippen LogP contribution in [0.25, 0.3) is 0 Å². The molecule has 0 saturated carbocycles. The van der Waals surface area contributed by atoms with E-state index in [-0.39, 0.29) is 19.0 Å². The second kappa shape index (κ2) is 5.34. The number of aliphatic hydroxyl groups excluding tert-OH is 1. The Morgan fingerprint density at radius 2 is 2.36 bits per heavy atom. The fraction of sp³-hybridized carbons (Fsp3) is 0.400. The van der Waals surface area contributed by atoms with Gasteiger partial charge in [-0.2, -0.15) is 0 Å². The van der Waals surface area contributed by atoms with Crippen molar-refractivity contribution in [2.24, 2.45) is 0 Å². The van der Waals surface area contributed by atoms with Gasteiger partial charge in [-0.05, 0) is 19.1 Å². The van der Waals surface area contributed by atoms with Crippen molar-refractivity contribution in [3.05, 3.63) is 24.0 Å². The third-order valence-corrected chi connectivity index (χ3v) is 1.59. The lowest BCUT2D eigenvalue weighted by Gasteiger charge is -2.03. The van der Waals surface area contributed by atoms with E-state index in [9.17, 15) is 4.79 Å². The van der Waals surface area contributed by atoms with Crippen molar-refractivity contribution in [3.63, 3.8) is 0 Å². The normalized spacial score (nSPS) is 9.86. The maximum absolute atomic E-state index is 10.8. The second-order valence-corrected chi connectivity index (χ2v) is 2.94. The van der Waals surface area contributed by atoms with Crippen LogP contribution in [0.5, 0.6) is 5.75 Å². The van der Waals surface area contributed by atoms with E-state index < -0.39 is 0 Å². The van der Waals surface area contributed by atoms with Crippen LogP contribution in [0.4, 0.5) is 0 Å². The molecule has 0 saturated heterocycles. The van der Waals surface area contributed by atoms with Gasteiger partial charge in [0.15, 0.2) is 0 Å². The van der Waals surface area contributed by atoms with E-state index >= 15 is 0 Å². The molecule has 1 N–H and O–H groups in total. The van der Waals surface area contributed by atoms with E-state index in [1.807, 2.05) is 0 Å². The zero-order valence-corrected chi connectivity index (χ0v) is 8.06. The number of aliphatic hydroxyl groups is 1. The molecule has 76 valence electrons. The monoisotopic (exact) mass is 195 g/mol. The highest BCUT2D eigenvalue weighted by molar-refractivity contribution is 5.77. The van der Waals surface area contributed by atoms with Crippen LogP contribution in [0.3, 0.4) is 0 Å². The molecule has 1 aromatic rings. The Kier molecular flexibility index (Phi) is 4.07. The van der Waals surface area contributed by atoms with Gasteiger partial charge in [0.05, 0.1) is 12.8 Å². The molecule has 4 nitrogen and oxygen atoms in total. The maximum Gasteiger partial charge on any atom is 0.137 e. The Balaban J connectivity index is 2.54. The first kappa shape index (κ1) is 10.7. The Bertz CT molecular complexity index is 295. The summed E-state index contributed by atoms with van der Waals surface area (Å²) in [7, 11) is 0. The van der Waals surface area contributed by atoms with Crippen molar-refractivity contribution in [2.45, 2.75) is 13.3 Å². The molecule has 0 aliphatic rings. The summed E-state index contributed by atoms with van der Waals surface area (Å²) in [5, 5.41) is 8.51. The molecule has 0 bridgehead atoms. The zero-order valence-electron chi connectivity index (χ0n) is 8.06. The van der Waals surface area contributed by atoms with Gasteiger partial charge < -0.3 is 9.84 Å². The Morgan fingerprint density at radius 1 is 1.57 bits per heavy atom. The number of aromatic nitrogens is 1. The molecule has 4 heteroatoms. The minimum Gasteiger partial charge on any atom is -0.490 e. The van der Waals surface area contributed by atoms with E-state index in [0.717, 1.165) is 5.69 Å². The Morgan fingerprint density at radius 3 is 2.86 bits per heavy atom. The van der Waals surface area contributed by atoms with Crippen LogP contribution < -0.4 is 4.74 Å². The Hall–Kier alpha value is -1.42. The van der Waals surface area contributed by atoms with Gasteiger partial charge in [0, 0.05) is 12.1 Å². The van der Waals surface area contributed by atoms with Crippen LogP contribution in [-0.2, 0) is 11.2 Å². The van der Waals surface area contributed by atoms with E-state index in [1.54, 1.807) is 18.3 Å². The molecule has 0 fully saturated rings. The van der Waals surface area contributed by atoms with Gasteiger partial charge in [0.1, 0.15) is 18.1 Å². The molecule has 0 amide bonds. The van der Waals surface area contributed by atoms with Gasteiger partial charge in [-0.1, -0.05) is 0 Å². The quantitative estimate of drug-likeness (QED) is 0.746. The highest BCUT2D eigenvalue weighted by atomic mass is 16.5. The maximum atomic E-state index is 10.8. The lowest BCUT2D eigenvalue weighted by atomic mass is 10.2. The summed E-state index contributed by atoms with van der Waals surface area (Å²) in [6, 6.07) is 3.48. The third-order valence-electron chi connectivity index (χ3n) is 1.59. The molecular formula is C10H13NO3. The van der Waals surface area contributed by atoms with Gasteiger partial charge in [0.25, 0.3) is 0 Å². The predicted molar refractivity (Wildman–Crippen MR) is 51.2 cm³/mol. The molecular weight excluding hydrogens is 182 g/mol. The van der Waals surface area contributed by atoms with Crippen LogP contribution in [-0.4, -0.2) is 29.1 Å². The first-order valence-electron chi connectivity index (χ1n) is 4.40. The van der Waals surface area contributed by atoms with E-state index in [0.29, 0.717) is 12.2 Å². The highest BCUT2D eigenvalue weighted by Gasteiger charge is 1.99. The molecule has 0 radical (unpaired) electrons. The Labute approximate surface area is 82.5 Å². The van der Waals surface area contributed by atoms with Crippen molar-refractivity contribution in [3.8, 4) is 5.75 Å². The lowest BCUT2D eigenvalue weighted by molar-refractivity contribution is -0.116. The van der Waals surface area contributed by atoms with Crippen LogP contribution in [0, 0.1) is 0 Å². The number of pyridine rings is 1. The minimum atomic E-state index is -0.0187. The summed E-state index contributed by atoms with van der Waals surface area (Å²) in [6.45, 7) is 1.76. The number of ketones is 1. The van der Waals surface area contributed by atoms with Gasteiger partial charge in [-0.15, -0.1) is 0 Å².